The molecule has 118 valence electrons. The fourth-order valence-corrected chi connectivity index (χ4v) is 2.33. The van der Waals surface area contributed by atoms with Crippen LogP contribution in [0.4, 0.5) is 0 Å². The molecular formula is C16H23N5O. The molecule has 1 aromatic heterocycles. The monoisotopic (exact) mass is 301 g/mol. The second kappa shape index (κ2) is 7.70. The first-order valence-electron chi connectivity index (χ1n) is 7.41. The Hall–Kier alpha value is -2.21. The molecule has 0 saturated heterocycles. The van der Waals surface area contributed by atoms with Gasteiger partial charge in [0.15, 0.2) is 0 Å². The topological polar surface area (TPSA) is 63.1 Å². The highest BCUT2D eigenvalue weighted by Gasteiger charge is 2.22. The Kier molecular flexibility index (Phi) is 5.66. The molecule has 0 fully saturated rings. The maximum Gasteiger partial charge on any atom is 0.241 e. The molecule has 0 spiro atoms. The fourth-order valence-electron chi connectivity index (χ4n) is 2.33. The van der Waals surface area contributed by atoms with E-state index in [-0.39, 0.29) is 11.9 Å². The first-order chi connectivity index (χ1) is 10.6. The molecule has 22 heavy (non-hydrogen) atoms. The van der Waals surface area contributed by atoms with Crippen molar-refractivity contribution in [3.63, 3.8) is 0 Å². The highest BCUT2D eigenvalue weighted by molar-refractivity contribution is 5.83. The van der Waals surface area contributed by atoms with Crippen molar-refractivity contribution < 1.29 is 4.79 Å². The summed E-state index contributed by atoms with van der Waals surface area (Å²) in [5.41, 5.74) is 2.19. The molecule has 0 bridgehead atoms. The van der Waals surface area contributed by atoms with E-state index in [0.29, 0.717) is 6.54 Å². The van der Waals surface area contributed by atoms with Gasteiger partial charge in [0, 0.05) is 13.1 Å². The van der Waals surface area contributed by atoms with Crippen LogP contribution in [-0.2, 0) is 11.3 Å². The van der Waals surface area contributed by atoms with E-state index in [1.165, 1.54) is 11.9 Å². The minimum atomic E-state index is -0.271. The Bertz CT molecular complexity index is 577. The van der Waals surface area contributed by atoms with Crippen molar-refractivity contribution in [3.8, 4) is 0 Å². The number of amides is 1. The molecule has 1 aromatic carbocycles. The number of aryl methyl sites for hydroxylation is 2. The molecule has 0 aliphatic heterocycles. The second-order valence-electron chi connectivity index (χ2n) is 5.58. The summed E-state index contributed by atoms with van der Waals surface area (Å²) < 4.78 is 1.76. The number of hydrogen-bond acceptors (Lipinski definition) is 4. The normalized spacial score (nSPS) is 12.4. The molecule has 0 unspecified atom stereocenters. The van der Waals surface area contributed by atoms with Gasteiger partial charge in [-0.1, -0.05) is 29.8 Å². The molecule has 0 aliphatic carbocycles. The van der Waals surface area contributed by atoms with Gasteiger partial charge in [-0.05, 0) is 33.0 Å². The van der Waals surface area contributed by atoms with Crippen molar-refractivity contribution in [2.75, 3.05) is 20.6 Å². The molecule has 6 nitrogen and oxygen atoms in total. The first kappa shape index (κ1) is 16.2. The van der Waals surface area contributed by atoms with Crippen LogP contribution < -0.4 is 5.32 Å². The van der Waals surface area contributed by atoms with Gasteiger partial charge in [-0.2, -0.15) is 5.10 Å². The molecule has 0 aliphatic rings. The largest absolute Gasteiger partial charge is 0.354 e. The number of aromatic nitrogens is 3. The number of nitrogens with zero attached hydrogens (tertiary/aromatic N) is 4. The summed E-state index contributed by atoms with van der Waals surface area (Å²) in [4.78, 5) is 18.3. The third-order valence-corrected chi connectivity index (χ3v) is 3.49. The van der Waals surface area contributed by atoms with Crippen molar-refractivity contribution in [3.05, 3.63) is 48.0 Å². The van der Waals surface area contributed by atoms with Crippen LogP contribution in [0.15, 0.2) is 36.9 Å². The number of carbonyl (C=O) groups excluding carboxylic acids is 1. The van der Waals surface area contributed by atoms with Crippen LogP contribution >= 0.6 is 0 Å². The predicted octanol–water partition coefficient (Wildman–Crippen LogP) is 1.40. The molecule has 1 heterocycles. The Morgan fingerprint density at radius 2 is 2.05 bits per heavy atom. The number of rotatable bonds is 7. The van der Waals surface area contributed by atoms with Gasteiger partial charge in [0.2, 0.25) is 5.91 Å². The van der Waals surface area contributed by atoms with Crippen molar-refractivity contribution in [2.24, 2.45) is 0 Å². The standard InChI is InChI=1S/C16H23N5O/c1-13-5-7-14(8-6-13)15(20(2)3)16(22)18-9-4-10-21-12-17-11-19-21/h5-8,11-12,15H,4,9-10H2,1-3H3,(H,18,22)/t15-/m0/s1. The minimum Gasteiger partial charge on any atom is -0.354 e. The van der Waals surface area contributed by atoms with Crippen LogP contribution in [0.1, 0.15) is 23.6 Å². The predicted molar refractivity (Wildman–Crippen MR) is 85.3 cm³/mol. The smallest absolute Gasteiger partial charge is 0.241 e. The molecule has 0 saturated carbocycles. The first-order valence-corrected chi connectivity index (χ1v) is 7.41. The van der Waals surface area contributed by atoms with Gasteiger partial charge in [0.1, 0.15) is 18.7 Å². The molecule has 1 amide bonds. The Morgan fingerprint density at radius 3 is 2.64 bits per heavy atom. The van der Waals surface area contributed by atoms with E-state index >= 15 is 0 Å². The Morgan fingerprint density at radius 1 is 1.32 bits per heavy atom. The highest BCUT2D eigenvalue weighted by Crippen LogP contribution is 2.18. The van der Waals surface area contributed by atoms with E-state index in [1.807, 2.05) is 50.2 Å². The van der Waals surface area contributed by atoms with E-state index in [9.17, 15) is 4.79 Å². The zero-order valence-electron chi connectivity index (χ0n) is 13.4. The van der Waals surface area contributed by atoms with Gasteiger partial charge in [-0.15, -0.1) is 0 Å². The summed E-state index contributed by atoms with van der Waals surface area (Å²) >= 11 is 0. The van der Waals surface area contributed by atoms with Crippen molar-refractivity contribution in [2.45, 2.75) is 25.9 Å². The lowest BCUT2D eigenvalue weighted by atomic mass is 10.0. The van der Waals surface area contributed by atoms with Gasteiger partial charge in [0.05, 0.1) is 0 Å². The lowest BCUT2D eigenvalue weighted by Gasteiger charge is -2.24. The molecule has 2 aromatic rings. The average molecular weight is 301 g/mol. The molecule has 1 atom stereocenters. The summed E-state index contributed by atoms with van der Waals surface area (Å²) in [6, 6.07) is 7.81. The van der Waals surface area contributed by atoms with E-state index in [1.54, 1.807) is 11.0 Å². The van der Waals surface area contributed by atoms with Crippen LogP contribution in [-0.4, -0.2) is 46.2 Å². The zero-order valence-corrected chi connectivity index (χ0v) is 13.4. The lowest BCUT2D eigenvalue weighted by Crippen LogP contribution is -2.37. The van der Waals surface area contributed by atoms with E-state index in [2.05, 4.69) is 15.4 Å². The van der Waals surface area contributed by atoms with Crippen LogP contribution in [0, 0.1) is 6.92 Å². The van der Waals surface area contributed by atoms with Gasteiger partial charge >= 0.3 is 0 Å². The number of carbonyl (C=O) groups is 1. The van der Waals surface area contributed by atoms with Crippen LogP contribution in [0.3, 0.4) is 0 Å². The summed E-state index contributed by atoms with van der Waals surface area (Å²) in [5, 5.41) is 7.03. The van der Waals surface area contributed by atoms with Gasteiger partial charge in [-0.3, -0.25) is 14.4 Å². The Balaban J connectivity index is 1.88. The molecule has 1 N–H and O–H groups in total. The van der Waals surface area contributed by atoms with Crippen LogP contribution in [0.2, 0.25) is 0 Å². The number of nitrogens with one attached hydrogen (secondary N) is 1. The molecular weight excluding hydrogens is 278 g/mol. The summed E-state index contributed by atoms with van der Waals surface area (Å²) in [5.74, 6) is 0.0208. The van der Waals surface area contributed by atoms with E-state index in [0.717, 1.165) is 18.5 Å². The van der Waals surface area contributed by atoms with Gasteiger partial charge < -0.3 is 5.32 Å². The SMILES string of the molecule is Cc1ccc([C@@H](C(=O)NCCCn2cncn2)N(C)C)cc1. The van der Waals surface area contributed by atoms with Crippen molar-refractivity contribution in [1.82, 2.24) is 25.0 Å². The Labute approximate surface area is 131 Å². The zero-order chi connectivity index (χ0) is 15.9. The van der Waals surface area contributed by atoms with E-state index < -0.39 is 0 Å². The summed E-state index contributed by atoms with van der Waals surface area (Å²) in [6.45, 7) is 3.41. The van der Waals surface area contributed by atoms with Crippen molar-refractivity contribution in [1.29, 1.82) is 0 Å². The van der Waals surface area contributed by atoms with E-state index in [4.69, 9.17) is 0 Å². The highest BCUT2D eigenvalue weighted by atomic mass is 16.2. The van der Waals surface area contributed by atoms with Gasteiger partial charge in [-0.25, -0.2) is 4.98 Å². The maximum absolute atomic E-state index is 12.4. The quantitative estimate of drug-likeness (QED) is 0.785. The molecule has 0 radical (unpaired) electrons. The average Bonchev–Trinajstić information content (AvgIpc) is 2.99. The summed E-state index contributed by atoms with van der Waals surface area (Å²) in [7, 11) is 3.83. The number of hydrogen-bond donors (Lipinski definition) is 1. The summed E-state index contributed by atoms with van der Waals surface area (Å²) in [6.07, 6.45) is 4.01. The third-order valence-electron chi connectivity index (χ3n) is 3.49. The van der Waals surface area contributed by atoms with Crippen LogP contribution in [0.25, 0.3) is 0 Å². The minimum absolute atomic E-state index is 0.0208. The van der Waals surface area contributed by atoms with Crippen molar-refractivity contribution >= 4 is 5.91 Å². The number of likely N-dealkylation sites (N-methyl/N-ethyl adjacent to an activating group) is 1. The third kappa shape index (κ3) is 4.39. The number of benzene rings is 1. The molecule has 2 rings (SSSR count). The second-order valence-corrected chi connectivity index (χ2v) is 5.58. The lowest BCUT2D eigenvalue weighted by molar-refractivity contribution is -0.125. The van der Waals surface area contributed by atoms with Crippen LogP contribution in [0.5, 0.6) is 0 Å². The molecule has 6 heteroatoms. The maximum atomic E-state index is 12.4. The fraction of sp³-hybridized carbons (Fsp3) is 0.438. The van der Waals surface area contributed by atoms with Gasteiger partial charge in [0.25, 0.3) is 0 Å².